The van der Waals surface area contributed by atoms with Crippen molar-refractivity contribution in [2.75, 3.05) is 19.8 Å². The van der Waals surface area contributed by atoms with Crippen LogP contribution in [-0.2, 0) is 16.4 Å². The molecule has 6 nitrogen and oxygen atoms in total. The number of benzene rings is 2. The highest BCUT2D eigenvalue weighted by atomic mass is 32.2. The largest absolute Gasteiger partial charge is 0.486 e. The van der Waals surface area contributed by atoms with Gasteiger partial charge in [-0.15, -0.1) is 11.3 Å². The van der Waals surface area contributed by atoms with Crippen LogP contribution in [0.4, 0.5) is 0 Å². The molecule has 0 saturated carbocycles. The minimum Gasteiger partial charge on any atom is -0.486 e. The molecule has 0 atom stereocenters. The van der Waals surface area contributed by atoms with Crippen LogP contribution in [0.3, 0.4) is 0 Å². The van der Waals surface area contributed by atoms with Gasteiger partial charge < -0.3 is 9.47 Å². The van der Waals surface area contributed by atoms with Gasteiger partial charge in [0.2, 0.25) is 10.0 Å². The molecule has 0 unspecified atom stereocenters. The molecule has 130 valence electrons. The predicted molar refractivity (Wildman–Crippen MR) is 95.9 cm³/mol. The lowest BCUT2D eigenvalue weighted by Crippen LogP contribution is -2.26. The molecule has 25 heavy (non-hydrogen) atoms. The molecule has 0 saturated heterocycles. The maximum Gasteiger partial charge on any atom is 0.240 e. The summed E-state index contributed by atoms with van der Waals surface area (Å²) in [4.78, 5) is 4.68. The Morgan fingerprint density at radius 3 is 2.72 bits per heavy atom. The van der Waals surface area contributed by atoms with Gasteiger partial charge in [-0.3, -0.25) is 0 Å². The van der Waals surface area contributed by atoms with Crippen LogP contribution in [0.1, 0.15) is 5.01 Å². The van der Waals surface area contributed by atoms with Gasteiger partial charge in [0.25, 0.3) is 0 Å². The maximum atomic E-state index is 12.5. The minimum absolute atomic E-state index is 0.168. The molecule has 0 radical (unpaired) electrons. The Labute approximate surface area is 149 Å². The Balaban J connectivity index is 1.44. The van der Waals surface area contributed by atoms with Gasteiger partial charge in [-0.25, -0.2) is 18.1 Å². The molecular formula is C17H16N2O4S2. The van der Waals surface area contributed by atoms with E-state index in [4.69, 9.17) is 9.47 Å². The van der Waals surface area contributed by atoms with Gasteiger partial charge >= 0.3 is 0 Å². The highest BCUT2D eigenvalue weighted by molar-refractivity contribution is 7.89. The van der Waals surface area contributed by atoms with Gasteiger partial charge in [0, 0.05) is 19.0 Å². The number of rotatable bonds is 5. The Kier molecular flexibility index (Phi) is 4.32. The molecule has 0 spiro atoms. The molecular weight excluding hydrogens is 360 g/mol. The molecule has 0 amide bonds. The Bertz CT molecular complexity index is 981. The van der Waals surface area contributed by atoms with Crippen LogP contribution in [0.15, 0.2) is 47.4 Å². The van der Waals surface area contributed by atoms with E-state index in [1.807, 2.05) is 24.3 Å². The first-order chi connectivity index (χ1) is 12.1. The van der Waals surface area contributed by atoms with Crippen molar-refractivity contribution in [1.29, 1.82) is 0 Å². The number of nitrogens with zero attached hydrogens (tertiary/aromatic N) is 1. The molecule has 4 rings (SSSR count). The smallest absolute Gasteiger partial charge is 0.240 e. The molecule has 0 fully saturated rings. The number of thiazole rings is 1. The Morgan fingerprint density at radius 1 is 1.08 bits per heavy atom. The average molecular weight is 376 g/mol. The maximum absolute atomic E-state index is 12.5. The number of nitrogens with one attached hydrogen (secondary N) is 1. The van der Waals surface area contributed by atoms with Gasteiger partial charge in [0.05, 0.1) is 20.1 Å². The number of hydrogen-bond donors (Lipinski definition) is 1. The van der Waals surface area contributed by atoms with E-state index in [0.717, 1.165) is 15.2 Å². The lowest BCUT2D eigenvalue weighted by atomic mass is 10.3. The fraction of sp³-hybridized carbons (Fsp3) is 0.235. The van der Waals surface area contributed by atoms with E-state index in [9.17, 15) is 8.42 Å². The van der Waals surface area contributed by atoms with Crippen LogP contribution in [0.25, 0.3) is 10.2 Å². The van der Waals surface area contributed by atoms with Crippen LogP contribution in [-0.4, -0.2) is 33.2 Å². The highest BCUT2D eigenvalue weighted by Gasteiger charge is 2.19. The van der Waals surface area contributed by atoms with Crippen LogP contribution < -0.4 is 14.2 Å². The molecule has 1 N–H and O–H groups in total. The van der Waals surface area contributed by atoms with Crippen molar-refractivity contribution in [3.05, 3.63) is 47.5 Å². The summed E-state index contributed by atoms with van der Waals surface area (Å²) < 4.78 is 39.5. The van der Waals surface area contributed by atoms with Crippen molar-refractivity contribution in [1.82, 2.24) is 9.71 Å². The summed E-state index contributed by atoms with van der Waals surface area (Å²) in [5.74, 6) is 1.03. The first kappa shape index (κ1) is 16.3. The van der Waals surface area contributed by atoms with E-state index in [-0.39, 0.29) is 11.4 Å². The van der Waals surface area contributed by atoms with Gasteiger partial charge in [-0.1, -0.05) is 12.1 Å². The van der Waals surface area contributed by atoms with E-state index >= 15 is 0 Å². The number of aromatic nitrogens is 1. The number of hydrogen-bond acceptors (Lipinski definition) is 6. The predicted octanol–water partition coefficient (Wildman–Crippen LogP) is 2.59. The molecule has 0 bridgehead atoms. The quantitative estimate of drug-likeness (QED) is 0.741. The Morgan fingerprint density at radius 2 is 1.88 bits per heavy atom. The average Bonchev–Trinajstić information content (AvgIpc) is 3.04. The zero-order valence-electron chi connectivity index (χ0n) is 13.3. The molecule has 0 aliphatic carbocycles. The monoisotopic (exact) mass is 376 g/mol. The van der Waals surface area contributed by atoms with Crippen LogP contribution >= 0.6 is 11.3 Å². The molecule has 1 aromatic heterocycles. The first-order valence-corrected chi connectivity index (χ1v) is 10.2. The second-order valence-corrected chi connectivity index (χ2v) is 8.41. The summed E-state index contributed by atoms with van der Waals surface area (Å²) in [6, 6.07) is 12.5. The summed E-state index contributed by atoms with van der Waals surface area (Å²) >= 11 is 1.58. The van der Waals surface area contributed by atoms with Crippen LogP contribution in [0, 0.1) is 0 Å². The van der Waals surface area contributed by atoms with E-state index in [1.54, 1.807) is 17.4 Å². The Hall–Kier alpha value is -2.16. The molecule has 1 aliphatic rings. The fourth-order valence-electron chi connectivity index (χ4n) is 2.59. The van der Waals surface area contributed by atoms with Gasteiger partial charge in [-0.2, -0.15) is 0 Å². The molecule has 2 heterocycles. The van der Waals surface area contributed by atoms with Gasteiger partial charge in [-0.05, 0) is 24.3 Å². The molecule has 8 heteroatoms. The zero-order valence-corrected chi connectivity index (χ0v) is 14.9. The summed E-state index contributed by atoms with van der Waals surface area (Å²) in [5, 5.41) is 0.908. The lowest BCUT2D eigenvalue weighted by molar-refractivity contribution is 0.171. The zero-order chi connectivity index (χ0) is 17.3. The summed E-state index contributed by atoms with van der Waals surface area (Å²) in [6.45, 7) is 1.18. The lowest BCUT2D eigenvalue weighted by Gasteiger charge is -2.18. The normalized spacial score (nSPS) is 13.9. The number of fused-ring (bicyclic) bond motifs is 2. The molecule has 1 aliphatic heterocycles. The third-order valence-corrected chi connectivity index (χ3v) is 6.35. The van der Waals surface area contributed by atoms with Gasteiger partial charge in [0.15, 0.2) is 11.5 Å². The second-order valence-electron chi connectivity index (χ2n) is 5.53. The number of ether oxygens (including phenoxy) is 2. The third-order valence-electron chi connectivity index (χ3n) is 3.79. The van der Waals surface area contributed by atoms with E-state index < -0.39 is 10.0 Å². The molecule has 2 aromatic carbocycles. The fourth-order valence-corrected chi connectivity index (χ4v) is 4.61. The molecule has 3 aromatic rings. The van der Waals surface area contributed by atoms with Crippen LogP contribution in [0.2, 0.25) is 0 Å². The third kappa shape index (κ3) is 3.46. The number of sulfonamides is 1. The van der Waals surface area contributed by atoms with Crippen molar-refractivity contribution in [3.63, 3.8) is 0 Å². The minimum atomic E-state index is -3.60. The van der Waals surface area contributed by atoms with E-state index in [0.29, 0.717) is 31.1 Å². The second kappa shape index (κ2) is 6.62. The standard InChI is InChI=1S/C17H16N2O4S2/c20-25(21,12-5-6-14-15(11-12)23-10-9-22-14)18-8-7-17-19-13-3-1-2-4-16(13)24-17/h1-6,11,18H,7-10H2. The first-order valence-electron chi connectivity index (χ1n) is 7.86. The van der Waals surface area contributed by atoms with Gasteiger partial charge in [0.1, 0.15) is 13.2 Å². The van der Waals surface area contributed by atoms with Crippen molar-refractivity contribution in [2.45, 2.75) is 11.3 Å². The summed E-state index contributed by atoms with van der Waals surface area (Å²) in [6.07, 6.45) is 0.545. The SMILES string of the molecule is O=S(=O)(NCCc1nc2ccccc2s1)c1ccc2c(c1)OCCO2. The van der Waals surface area contributed by atoms with Crippen molar-refractivity contribution in [3.8, 4) is 11.5 Å². The summed E-state index contributed by atoms with van der Waals surface area (Å²) in [7, 11) is -3.60. The van der Waals surface area contributed by atoms with Crippen molar-refractivity contribution < 1.29 is 17.9 Å². The highest BCUT2D eigenvalue weighted by Crippen LogP contribution is 2.32. The topological polar surface area (TPSA) is 77.5 Å². The van der Waals surface area contributed by atoms with Crippen molar-refractivity contribution in [2.24, 2.45) is 0 Å². The number of para-hydroxylation sites is 1. The van der Waals surface area contributed by atoms with E-state index in [2.05, 4.69) is 9.71 Å². The summed E-state index contributed by atoms with van der Waals surface area (Å²) in [5.41, 5.74) is 0.942. The van der Waals surface area contributed by atoms with Crippen LogP contribution in [0.5, 0.6) is 11.5 Å². The van der Waals surface area contributed by atoms with E-state index in [1.165, 1.54) is 12.1 Å². The van der Waals surface area contributed by atoms with Crippen molar-refractivity contribution >= 4 is 31.6 Å².